The topological polar surface area (TPSA) is 67.4 Å². The first-order valence-corrected chi connectivity index (χ1v) is 9.58. The summed E-state index contributed by atoms with van der Waals surface area (Å²) >= 11 is 1.65. The van der Waals surface area contributed by atoms with E-state index in [2.05, 4.69) is 20.4 Å². The van der Waals surface area contributed by atoms with E-state index in [9.17, 15) is 4.79 Å². The van der Waals surface area contributed by atoms with Gasteiger partial charge < -0.3 is 15.0 Å². The lowest BCUT2D eigenvalue weighted by Crippen LogP contribution is -2.43. The van der Waals surface area contributed by atoms with Crippen LogP contribution in [-0.4, -0.2) is 41.4 Å². The Bertz CT molecular complexity index is 719. The van der Waals surface area contributed by atoms with Crippen molar-refractivity contribution in [3.8, 4) is 0 Å². The van der Waals surface area contributed by atoms with Gasteiger partial charge in [-0.15, -0.1) is 16.4 Å². The Labute approximate surface area is 151 Å². The van der Waals surface area contributed by atoms with Gasteiger partial charge in [-0.25, -0.2) is 0 Å². The van der Waals surface area contributed by atoms with Crippen molar-refractivity contribution in [2.24, 2.45) is 5.92 Å². The summed E-state index contributed by atoms with van der Waals surface area (Å²) in [6.07, 6.45) is 1.59. The zero-order valence-corrected chi connectivity index (χ0v) is 15.0. The van der Waals surface area contributed by atoms with Gasteiger partial charge in [0, 0.05) is 18.0 Å². The van der Waals surface area contributed by atoms with Gasteiger partial charge in [-0.3, -0.25) is 4.79 Å². The molecule has 7 heteroatoms. The second kappa shape index (κ2) is 7.09. The van der Waals surface area contributed by atoms with E-state index in [4.69, 9.17) is 4.74 Å². The van der Waals surface area contributed by atoms with E-state index in [0.717, 1.165) is 42.3 Å². The van der Waals surface area contributed by atoms with E-state index in [1.165, 1.54) is 0 Å². The third-order valence-corrected chi connectivity index (χ3v) is 5.85. The number of aryl methyl sites for hydroxylation is 1. The first kappa shape index (κ1) is 16.5. The number of carbonyl (C=O) groups is 1. The molecular formula is C18H22N4O2S. The smallest absolute Gasteiger partial charge is 0.249 e. The number of piperidine rings is 1. The van der Waals surface area contributed by atoms with Crippen LogP contribution in [0, 0.1) is 12.8 Å². The van der Waals surface area contributed by atoms with Gasteiger partial charge >= 0.3 is 0 Å². The predicted octanol–water partition coefficient (Wildman–Crippen LogP) is 2.15. The molecule has 3 atom stereocenters. The zero-order chi connectivity index (χ0) is 17.2. The van der Waals surface area contributed by atoms with Crippen LogP contribution in [0.2, 0.25) is 0 Å². The average molecular weight is 358 g/mol. The van der Waals surface area contributed by atoms with Gasteiger partial charge in [-0.2, -0.15) is 5.10 Å². The summed E-state index contributed by atoms with van der Waals surface area (Å²) in [4.78, 5) is 15.8. The number of rotatable bonds is 4. The van der Waals surface area contributed by atoms with Gasteiger partial charge in [-0.1, -0.05) is 6.07 Å². The van der Waals surface area contributed by atoms with E-state index < -0.39 is 0 Å². The average Bonchev–Trinajstić information content (AvgIpc) is 3.29. The fraction of sp³-hybridized carbons (Fsp3) is 0.500. The Balaban J connectivity index is 1.33. The Kier molecular flexibility index (Phi) is 4.67. The van der Waals surface area contributed by atoms with Gasteiger partial charge in [0.25, 0.3) is 0 Å². The highest BCUT2D eigenvalue weighted by molar-refractivity contribution is 7.09. The molecule has 132 valence electrons. The van der Waals surface area contributed by atoms with Crippen molar-refractivity contribution in [1.82, 2.24) is 15.5 Å². The van der Waals surface area contributed by atoms with Crippen molar-refractivity contribution in [2.45, 2.75) is 38.5 Å². The number of nitrogens with one attached hydrogen (secondary N) is 1. The highest BCUT2D eigenvalue weighted by Crippen LogP contribution is 2.34. The summed E-state index contributed by atoms with van der Waals surface area (Å²) < 4.78 is 6.07. The van der Waals surface area contributed by atoms with Crippen LogP contribution in [0.1, 0.15) is 23.4 Å². The van der Waals surface area contributed by atoms with Crippen LogP contribution in [0.5, 0.6) is 0 Å². The first-order valence-electron chi connectivity index (χ1n) is 8.70. The van der Waals surface area contributed by atoms with E-state index in [-0.39, 0.29) is 18.1 Å². The Morgan fingerprint density at radius 3 is 3.08 bits per heavy atom. The molecule has 1 N–H and O–H groups in total. The van der Waals surface area contributed by atoms with Crippen LogP contribution >= 0.6 is 11.3 Å². The van der Waals surface area contributed by atoms with E-state index in [1.807, 2.05) is 36.6 Å². The number of ether oxygens (including phenoxy) is 1. The molecule has 2 aromatic rings. The fourth-order valence-electron chi connectivity index (χ4n) is 3.57. The highest BCUT2D eigenvalue weighted by atomic mass is 32.1. The summed E-state index contributed by atoms with van der Waals surface area (Å²) in [6, 6.07) is 8.00. The molecule has 2 saturated heterocycles. The molecule has 4 heterocycles. The Morgan fingerprint density at radius 2 is 2.32 bits per heavy atom. The van der Waals surface area contributed by atoms with Gasteiger partial charge in [-0.05, 0) is 49.3 Å². The number of aromatic nitrogens is 2. The van der Waals surface area contributed by atoms with Crippen molar-refractivity contribution in [2.75, 3.05) is 18.0 Å². The molecule has 4 rings (SSSR count). The molecule has 2 aromatic heterocycles. The normalized spacial score (nSPS) is 25.6. The number of nitrogens with zero attached hydrogens (tertiary/aromatic N) is 3. The number of carbonyl (C=O) groups excluding carboxylic acids is 1. The molecular weight excluding hydrogens is 336 g/mol. The molecule has 0 radical (unpaired) electrons. The molecule has 2 fully saturated rings. The maximum atomic E-state index is 12.4. The first-order chi connectivity index (χ1) is 12.2. The number of hydrogen-bond donors (Lipinski definition) is 1. The maximum Gasteiger partial charge on any atom is 0.249 e. The van der Waals surface area contributed by atoms with E-state index >= 15 is 0 Å². The largest absolute Gasteiger partial charge is 0.363 e. The molecule has 0 bridgehead atoms. The zero-order valence-electron chi connectivity index (χ0n) is 14.2. The Morgan fingerprint density at radius 1 is 1.40 bits per heavy atom. The molecule has 2 aliphatic heterocycles. The lowest BCUT2D eigenvalue weighted by Gasteiger charge is -2.34. The minimum Gasteiger partial charge on any atom is -0.363 e. The van der Waals surface area contributed by atoms with Gasteiger partial charge in [0.2, 0.25) is 5.91 Å². The molecule has 1 amide bonds. The van der Waals surface area contributed by atoms with Crippen LogP contribution in [0.25, 0.3) is 0 Å². The highest BCUT2D eigenvalue weighted by Gasteiger charge is 2.42. The minimum atomic E-state index is -0.334. The monoisotopic (exact) mass is 358 g/mol. The summed E-state index contributed by atoms with van der Waals surface area (Å²) in [6.45, 7) is 4.22. The molecule has 0 aromatic carbocycles. The second-order valence-corrected chi connectivity index (χ2v) is 7.76. The SMILES string of the molecule is Cc1ccc(N2CC[C@@H]3C[C@@H](C(=O)NCc4cccs4)O[C@H]3C2)nn1. The van der Waals surface area contributed by atoms with Gasteiger partial charge in [0.1, 0.15) is 6.10 Å². The number of anilines is 1. The van der Waals surface area contributed by atoms with Crippen molar-refractivity contribution in [3.63, 3.8) is 0 Å². The molecule has 25 heavy (non-hydrogen) atoms. The van der Waals surface area contributed by atoms with Crippen LogP contribution in [0.4, 0.5) is 5.82 Å². The summed E-state index contributed by atoms with van der Waals surface area (Å²) in [5.41, 5.74) is 0.915. The molecule has 2 aliphatic rings. The van der Waals surface area contributed by atoms with Crippen molar-refractivity contribution >= 4 is 23.1 Å². The standard InChI is InChI=1S/C18H22N4O2S/c1-12-4-5-17(21-20-12)22-7-6-13-9-15(24-16(13)11-22)18(23)19-10-14-3-2-8-25-14/h2-5,8,13,15-16H,6-7,9-11H2,1H3,(H,19,23)/t13-,15+,16+/m1/s1. The van der Waals surface area contributed by atoms with Gasteiger partial charge in [0.05, 0.1) is 18.3 Å². The molecule has 0 aliphatic carbocycles. The van der Waals surface area contributed by atoms with E-state index in [0.29, 0.717) is 12.5 Å². The minimum absolute atomic E-state index is 0.00415. The number of thiophene rings is 1. The third kappa shape index (κ3) is 3.67. The van der Waals surface area contributed by atoms with Crippen LogP contribution in [-0.2, 0) is 16.1 Å². The molecule has 0 saturated carbocycles. The van der Waals surface area contributed by atoms with Crippen LogP contribution < -0.4 is 10.2 Å². The molecule has 0 spiro atoms. The van der Waals surface area contributed by atoms with Gasteiger partial charge in [0.15, 0.2) is 5.82 Å². The van der Waals surface area contributed by atoms with Crippen molar-refractivity contribution in [1.29, 1.82) is 0 Å². The summed E-state index contributed by atoms with van der Waals surface area (Å²) in [7, 11) is 0. The van der Waals surface area contributed by atoms with E-state index in [1.54, 1.807) is 11.3 Å². The molecule has 0 unspecified atom stereocenters. The number of amides is 1. The second-order valence-electron chi connectivity index (χ2n) is 6.72. The fourth-order valence-corrected chi connectivity index (χ4v) is 4.21. The number of fused-ring (bicyclic) bond motifs is 1. The third-order valence-electron chi connectivity index (χ3n) is 4.97. The predicted molar refractivity (Wildman–Crippen MR) is 96.5 cm³/mol. The Hall–Kier alpha value is -1.99. The summed E-state index contributed by atoms with van der Waals surface area (Å²) in [5, 5.41) is 13.4. The summed E-state index contributed by atoms with van der Waals surface area (Å²) in [5.74, 6) is 1.34. The van der Waals surface area contributed by atoms with Crippen molar-refractivity contribution < 1.29 is 9.53 Å². The molecule has 6 nitrogen and oxygen atoms in total. The lowest BCUT2D eigenvalue weighted by atomic mass is 9.91. The lowest BCUT2D eigenvalue weighted by molar-refractivity contribution is -0.132. The van der Waals surface area contributed by atoms with Crippen molar-refractivity contribution in [3.05, 3.63) is 40.2 Å². The van der Waals surface area contributed by atoms with Crippen LogP contribution in [0.3, 0.4) is 0 Å². The van der Waals surface area contributed by atoms with Crippen LogP contribution in [0.15, 0.2) is 29.6 Å². The maximum absolute atomic E-state index is 12.4. The number of hydrogen-bond acceptors (Lipinski definition) is 6. The quantitative estimate of drug-likeness (QED) is 0.907.